The van der Waals surface area contributed by atoms with Crippen LogP contribution in [0.3, 0.4) is 0 Å². The highest BCUT2D eigenvalue weighted by molar-refractivity contribution is 6.41. The van der Waals surface area contributed by atoms with Crippen molar-refractivity contribution in [2.45, 2.75) is 39.3 Å². The fourth-order valence-electron chi connectivity index (χ4n) is 4.34. The number of nitrogens with zero attached hydrogens (tertiary/aromatic N) is 4. The van der Waals surface area contributed by atoms with E-state index in [9.17, 15) is 22.8 Å². The average molecular weight is 529 g/mol. The van der Waals surface area contributed by atoms with E-state index in [0.29, 0.717) is 25.9 Å². The normalized spacial score (nSPS) is 15.1. The zero-order chi connectivity index (χ0) is 25.7. The van der Waals surface area contributed by atoms with Crippen molar-refractivity contribution in [1.82, 2.24) is 19.5 Å². The minimum atomic E-state index is -4.63. The largest absolute Gasteiger partial charge is 0.481 e. The van der Waals surface area contributed by atoms with Gasteiger partial charge in [0.2, 0.25) is 0 Å². The summed E-state index contributed by atoms with van der Waals surface area (Å²) in [5.41, 5.74) is 0.361. The fourth-order valence-corrected chi connectivity index (χ4v) is 4.98. The van der Waals surface area contributed by atoms with Crippen molar-refractivity contribution >= 4 is 40.7 Å². The second-order valence-electron chi connectivity index (χ2n) is 8.61. The summed E-state index contributed by atoms with van der Waals surface area (Å²) in [6, 6.07) is 3.91. The molecule has 4 rings (SSSR count). The van der Waals surface area contributed by atoms with Crippen LogP contribution in [0.25, 0.3) is 16.9 Å². The molecule has 0 radical (unpaired) electrons. The highest BCUT2D eigenvalue weighted by Gasteiger charge is 2.34. The van der Waals surface area contributed by atoms with Crippen LogP contribution >= 0.6 is 23.2 Å². The lowest BCUT2D eigenvalue weighted by Crippen LogP contribution is -2.39. The van der Waals surface area contributed by atoms with Crippen LogP contribution in [-0.2, 0) is 11.0 Å². The lowest BCUT2D eigenvalue weighted by molar-refractivity contribution is -0.142. The number of imidazole rings is 1. The van der Waals surface area contributed by atoms with Crippen molar-refractivity contribution in [1.29, 1.82) is 0 Å². The van der Waals surface area contributed by atoms with Crippen molar-refractivity contribution in [2.75, 3.05) is 13.1 Å². The summed E-state index contributed by atoms with van der Waals surface area (Å²) < 4.78 is 40.9. The van der Waals surface area contributed by atoms with Crippen LogP contribution in [0.1, 0.15) is 46.6 Å². The molecule has 1 aliphatic heterocycles. The van der Waals surface area contributed by atoms with Crippen LogP contribution in [0.15, 0.2) is 18.2 Å². The predicted molar refractivity (Wildman–Crippen MR) is 124 cm³/mol. The Kier molecular flexibility index (Phi) is 6.72. The fraction of sp³-hybridized carbons (Fsp3) is 0.391. The van der Waals surface area contributed by atoms with Crippen molar-refractivity contribution in [2.24, 2.45) is 5.92 Å². The molecule has 35 heavy (non-hydrogen) atoms. The van der Waals surface area contributed by atoms with Gasteiger partial charge >= 0.3 is 12.1 Å². The number of benzene rings is 1. The SMILES string of the molecule is Cc1cc(C(F)(F)F)nn2c(C)c(-c3c(Cl)ccc(C(=O)N4CCC(CC(=O)O)CC4)c3Cl)nc12. The van der Waals surface area contributed by atoms with E-state index < -0.39 is 17.8 Å². The van der Waals surface area contributed by atoms with E-state index in [2.05, 4.69) is 10.1 Å². The summed E-state index contributed by atoms with van der Waals surface area (Å²) in [5.74, 6) is -1.20. The first-order valence-electron chi connectivity index (χ1n) is 10.8. The molecule has 0 unspecified atom stereocenters. The Morgan fingerprint density at radius 3 is 2.43 bits per heavy atom. The highest BCUT2D eigenvalue weighted by Crippen LogP contribution is 2.40. The van der Waals surface area contributed by atoms with Gasteiger partial charge in [-0.05, 0) is 56.4 Å². The Bertz CT molecular complexity index is 1330. The van der Waals surface area contributed by atoms with Crippen LogP contribution in [0.5, 0.6) is 0 Å². The number of rotatable bonds is 4. The number of carbonyl (C=O) groups is 2. The summed E-state index contributed by atoms with van der Waals surface area (Å²) in [4.78, 5) is 30.3. The molecule has 0 saturated carbocycles. The maximum Gasteiger partial charge on any atom is 0.435 e. The number of carbonyl (C=O) groups excluding carboxylic acids is 1. The third kappa shape index (κ3) is 4.81. The van der Waals surface area contributed by atoms with Gasteiger partial charge in [-0.25, -0.2) is 9.50 Å². The quantitative estimate of drug-likeness (QED) is 0.471. The summed E-state index contributed by atoms with van der Waals surface area (Å²) in [6.45, 7) is 3.83. The number of carboxylic acid groups (broad SMARTS) is 1. The molecule has 1 aliphatic rings. The standard InChI is InChI=1S/C23H21Cl2F3N4O3/c1-11-9-16(23(26,27)28)30-32-12(2)20(29-21(11)32)18-15(24)4-3-14(19(18)25)22(35)31-7-5-13(6-8-31)10-17(33)34/h3-4,9,13H,5-8,10H2,1-2H3,(H,33,34). The first-order chi connectivity index (χ1) is 16.4. The van der Waals surface area contributed by atoms with Gasteiger partial charge in [0.1, 0.15) is 0 Å². The average Bonchev–Trinajstić information content (AvgIpc) is 3.10. The van der Waals surface area contributed by atoms with Crippen molar-refractivity contribution in [3.8, 4) is 11.3 Å². The number of carboxylic acids is 1. The lowest BCUT2D eigenvalue weighted by atomic mass is 9.93. The number of hydrogen-bond acceptors (Lipinski definition) is 4. The van der Waals surface area contributed by atoms with E-state index >= 15 is 0 Å². The predicted octanol–water partition coefficient (Wildman–Crippen LogP) is 5.67. The topological polar surface area (TPSA) is 87.8 Å². The molecule has 1 amide bonds. The van der Waals surface area contributed by atoms with Crippen LogP contribution in [0.2, 0.25) is 10.0 Å². The summed E-state index contributed by atoms with van der Waals surface area (Å²) in [6.07, 6.45) is -3.44. The third-order valence-electron chi connectivity index (χ3n) is 6.21. The Morgan fingerprint density at radius 2 is 1.83 bits per heavy atom. The maximum atomic E-state index is 13.3. The third-order valence-corrected chi connectivity index (χ3v) is 6.91. The van der Waals surface area contributed by atoms with E-state index in [0.717, 1.165) is 10.6 Å². The van der Waals surface area contributed by atoms with Crippen LogP contribution in [0, 0.1) is 19.8 Å². The Balaban J connectivity index is 1.72. The lowest BCUT2D eigenvalue weighted by Gasteiger charge is -2.31. The molecular weight excluding hydrogens is 508 g/mol. The molecular formula is C23H21Cl2F3N4O3. The van der Waals surface area contributed by atoms with Crippen molar-refractivity contribution in [3.05, 3.63) is 50.8 Å². The molecule has 1 N–H and O–H groups in total. The van der Waals surface area contributed by atoms with E-state index in [-0.39, 0.29) is 62.0 Å². The Hall–Kier alpha value is -2.85. The smallest absolute Gasteiger partial charge is 0.435 e. The molecule has 12 heteroatoms. The van der Waals surface area contributed by atoms with E-state index in [1.807, 2.05) is 0 Å². The van der Waals surface area contributed by atoms with Gasteiger partial charge in [0.05, 0.1) is 27.0 Å². The van der Waals surface area contributed by atoms with Gasteiger partial charge in [-0.2, -0.15) is 18.3 Å². The molecule has 0 spiro atoms. The van der Waals surface area contributed by atoms with E-state index in [1.54, 1.807) is 11.8 Å². The molecule has 186 valence electrons. The zero-order valence-corrected chi connectivity index (χ0v) is 20.3. The number of aryl methyl sites for hydroxylation is 2. The van der Waals surface area contributed by atoms with Gasteiger partial charge < -0.3 is 10.0 Å². The van der Waals surface area contributed by atoms with Crippen molar-refractivity contribution < 1.29 is 27.9 Å². The van der Waals surface area contributed by atoms with Gasteiger partial charge in [-0.15, -0.1) is 0 Å². The Morgan fingerprint density at radius 1 is 1.17 bits per heavy atom. The van der Waals surface area contributed by atoms with Gasteiger partial charge in [0.25, 0.3) is 5.91 Å². The molecule has 1 saturated heterocycles. The van der Waals surface area contributed by atoms with Crippen LogP contribution < -0.4 is 0 Å². The van der Waals surface area contributed by atoms with E-state index in [1.165, 1.54) is 19.1 Å². The molecule has 3 aromatic rings. The summed E-state index contributed by atoms with van der Waals surface area (Å²) >= 11 is 13.1. The van der Waals surface area contributed by atoms with E-state index in [4.69, 9.17) is 28.3 Å². The molecule has 0 aliphatic carbocycles. The minimum absolute atomic E-state index is 0.00533. The number of hydrogen-bond donors (Lipinski definition) is 1. The van der Waals surface area contributed by atoms with Gasteiger partial charge in [0.15, 0.2) is 11.3 Å². The summed E-state index contributed by atoms with van der Waals surface area (Å²) in [5, 5.41) is 12.9. The minimum Gasteiger partial charge on any atom is -0.481 e. The van der Waals surface area contributed by atoms with Crippen LogP contribution in [-0.4, -0.2) is 49.6 Å². The summed E-state index contributed by atoms with van der Waals surface area (Å²) in [7, 11) is 0. The number of halogens is 5. The molecule has 7 nitrogen and oxygen atoms in total. The second kappa shape index (κ2) is 9.31. The number of alkyl halides is 3. The highest BCUT2D eigenvalue weighted by atomic mass is 35.5. The molecule has 3 heterocycles. The zero-order valence-electron chi connectivity index (χ0n) is 18.8. The van der Waals surface area contributed by atoms with Gasteiger partial charge in [-0.1, -0.05) is 23.2 Å². The molecule has 0 atom stereocenters. The first kappa shape index (κ1) is 25.2. The van der Waals surface area contributed by atoms with Crippen molar-refractivity contribution in [3.63, 3.8) is 0 Å². The molecule has 2 aromatic heterocycles. The van der Waals surface area contributed by atoms with Gasteiger partial charge in [0, 0.05) is 25.1 Å². The monoisotopic (exact) mass is 528 g/mol. The number of likely N-dealkylation sites (tertiary alicyclic amines) is 1. The first-order valence-corrected chi connectivity index (χ1v) is 11.6. The number of aliphatic carboxylic acids is 1. The number of piperidine rings is 1. The Labute approximate surface area is 208 Å². The number of amides is 1. The second-order valence-corrected chi connectivity index (χ2v) is 9.39. The number of fused-ring (bicyclic) bond motifs is 1. The molecule has 1 fully saturated rings. The van der Waals surface area contributed by atoms with Gasteiger partial charge in [-0.3, -0.25) is 9.59 Å². The van der Waals surface area contributed by atoms with Crippen LogP contribution in [0.4, 0.5) is 13.2 Å². The molecule has 0 bridgehead atoms. The number of aromatic nitrogens is 3. The maximum absolute atomic E-state index is 13.3. The molecule has 1 aromatic carbocycles.